The molecule has 0 fully saturated rings. The van der Waals surface area contributed by atoms with E-state index in [-0.39, 0.29) is 0 Å². The van der Waals surface area contributed by atoms with Crippen molar-refractivity contribution in [1.29, 1.82) is 0 Å². The van der Waals surface area contributed by atoms with E-state index < -0.39 is 0 Å². The highest BCUT2D eigenvalue weighted by Gasteiger charge is 2.35. The summed E-state index contributed by atoms with van der Waals surface area (Å²) >= 11 is 1.92. The van der Waals surface area contributed by atoms with Gasteiger partial charge in [0.1, 0.15) is 0 Å². The Kier molecular flexibility index (Phi) is 4.25. The zero-order valence-corrected chi connectivity index (χ0v) is 18.9. The van der Waals surface area contributed by atoms with E-state index in [0.29, 0.717) is 11.8 Å². The maximum absolute atomic E-state index is 2.40. The van der Waals surface area contributed by atoms with Crippen molar-refractivity contribution in [1.82, 2.24) is 0 Å². The molecule has 0 saturated carbocycles. The number of fused-ring (bicyclic) bond motifs is 5. The molecule has 0 amide bonds. The largest absolute Gasteiger partial charge is 0.135 e. The van der Waals surface area contributed by atoms with Gasteiger partial charge in [0.2, 0.25) is 0 Å². The van der Waals surface area contributed by atoms with Gasteiger partial charge >= 0.3 is 0 Å². The standard InChI is InChI=1S/C32H22S/c1-2-11-21(12-3-1)30-23-14-4-6-16-25(23)31(26-17-7-5-15-24(26)30)28-19-10-18-27-22-13-8-9-20-29(22)33-32(27)28/h1-20,23,30H. The number of hydrogen-bond acceptors (Lipinski definition) is 1. The van der Waals surface area contributed by atoms with E-state index in [2.05, 4.69) is 121 Å². The van der Waals surface area contributed by atoms with Crippen molar-refractivity contribution in [2.24, 2.45) is 5.92 Å². The molecule has 2 atom stereocenters. The Labute approximate surface area is 197 Å². The normalized spacial score (nSPS) is 19.2. The van der Waals surface area contributed by atoms with Crippen LogP contribution < -0.4 is 0 Å². The van der Waals surface area contributed by atoms with Crippen molar-refractivity contribution >= 4 is 37.1 Å². The van der Waals surface area contributed by atoms with Crippen LogP contribution in [0.25, 0.3) is 25.7 Å². The molecule has 0 N–H and O–H groups in total. The van der Waals surface area contributed by atoms with Gasteiger partial charge in [0, 0.05) is 37.6 Å². The molecule has 5 aromatic rings. The molecule has 1 heteroatoms. The molecule has 0 radical (unpaired) electrons. The first kappa shape index (κ1) is 18.8. The third-order valence-corrected chi connectivity index (χ3v) is 8.33. The van der Waals surface area contributed by atoms with Crippen molar-refractivity contribution in [3.05, 3.63) is 149 Å². The van der Waals surface area contributed by atoms with Crippen LogP contribution in [-0.2, 0) is 0 Å². The first-order valence-electron chi connectivity index (χ1n) is 11.5. The van der Waals surface area contributed by atoms with Crippen LogP contribution >= 0.6 is 11.3 Å². The minimum Gasteiger partial charge on any atom is -0.135 e. The SMILES string of the molecule is C1=CC2=C(c3cccc4c3sc3ccccc34)c3ccccc3C(c3ccccc3)C2C=C1. The lowest BCUT2D eigenvalue weighted by Gasteiger charge is -2.37. The molecule has 156 valence electrons. The molecule has 0 nitrogen and oxygen atoms in total. The summed E-state index contributed by atoms with van der Waals surface area (Å²) in [7, 11) is 0. The number of allylic oxidation sites excluding steroid dienone is 5. The quantitative estimate of drug-likeness (QED) is 0.258. The van der Waals surface area contributed by atoms with Gasteiger partial charge in [0.15, 0.2) is 0 Å². The van der Waals surface area contributed by atoms with Crippen molar-refractivity contribution in [2.75, 3.05) is 0 Å². The third-order valence-electron chi connectivity index (χ3n) is 7.11. The maximum atomic E-state index is 2.40. The van der Waals surface area contributed by atoms with Gasteiger partial charge in [-0.1, -0.05) is 115 Å². The molecule has 33 heavy (non-hydrogen) atoms. The second-order valence-electron chi connectivity index (χ2n) is 8.86. The smallest absolute Gasteiger partial charge is 0.0434 e. The molecular weight excluding hydrogens is 416 g/mol. The Bertz CT molecular complexity index is 1610. The topological polar surface area (TPSA) is 0 Å². The van der Waals surface area contributed by atoms with Crippen molar-refractivity contribution in [2.45, 2.75) is 5.92 Å². The molecule has 0 aliphatic heterocycles. The molecule has 4 aromatic carbocycles. The fourth-order valence-corrected chi connectivity index (χ4v) is 6.96. The van der Waals surface area contributed by atoms with Gasteiger partial charge in [-0.25, -0.2) is 0 Å². The maximum Gasteiger partial charge on any atom is 0.0434 e. The minimum absolute atomic E-state index is 0.323. The van der Waals surface area contributed by atoms with Gasteiger partial charge in [-0.15, -0.1) is 11.3 Å². The van der Waals surface area contributed by atoms with E-state index >= 15 is 0 Å². The summed E-state index contributed by atoms with van der Waals surface area (Å²) in [6, 6.07) is 35.7. The Morgan fingerprint density at radius 2 is 1.36 bits per heavy atom. The van der Waals surface area contributed by atoms with Crippen molar-refractivity contribution < 1.29 is 0 Å². The van der Waals surface area contributed by atoms with Gasteiger partial charge in [0.05, 0.1) is 0 Å². The Hall–Kier alpha value is -3.68. The highest BCUT2D eigenvalue weighted by atomic mass is 32.1. The van der Waals surface area contributed by atoms with E-state index in [1.165, 1.54) is 53.6 Å². The number of thiophene rings is 1. The fourth-order valence-electron chi connectivity index (χ4n) is 5.74. The van der Waals surface area contributed by atoms with Gasteiger partial charge < -0.3 is 0 Å². The van der Waals surface area contributed by atoms with Crippen molar-refractivity contribution in [3.63, 3.8) is 0 Å². The summed E-state index contributed by atoms with van der Waals surface area (Å²) in [5.74, 6) is 0.649. The van der Waals surface area contributed by atoms with Crippen LogP contribution in [0, 0.1) is 5.92 Å². The molecule has 0 spiro atoms. The Morgan fingerprint density at radius 3 is 2.30 bits per heavy atom. The van der Waals surface area contributed by atoms with Crippen LogP contribution in [0.3, 0.4) is 0 Å². The summed E-state index contributed by atoms with van der Waals surface area (Å²) in [6.07, 6.45) is 9.16. The summed E-state index contributed by atoms with van der Waals surface area (Å²) in [4.78, 5) is 0. The average Bonchev–Trinajstić information content (AvgIpc) is 3.27. The Balaban J connectivity index is 1.56. The summed E-state index contributed by atoms with van der Waals surface area (Å²) in [5, 5.41) is 2.71. The predicted octanol–water partition coefficient (Wildman–Crippen LogP) is 8.74. The van der Waals surface area contributed by atoms with Gasteiger partial charge in [0.25, 0.3) is 0 Å². The predicted molar refractivity (Wildman–Crippen MR) is 142 cm³/mol. The molecule has 0 saturated heterocycles. The summed E-state index contributed by atoms with van der Waals surface area (Å²) in [6.45, 7) is 0. The van der Waals surface area contributed by atoms with E-state index in [9.17, 15) is 0 Å². The first-order valence-corrected chi connectivity index (χ1v) is 12.4. The highest BCUT2D eigenvalue weighted by Crippen LogP contribution is 2.51. The van der Waals surface area contributed by atoms with Crippen LogP contribution in [0.2, 0.25) is 0 Å². The van der Waals surface area contributed by atoms with Gasteiger partial charge in [-0.2, -0.15) is 0 Å². The molecule has 0 bridgehead atoms. The minimum atomic E-state index is 0.323. The monoisotopic (exact) mass is 438 g/mol. The molecule has 7 rings (SSSR count). The number of rotatable bonds is 2. The highest BCUT2D eigenvalue weighted by molar-refractivity contribution is 7.26. The lowest BCUT2D eigenvalue weighted by atomic mass is 9.66. The van der Waals surface area contributed by atoms with E-state index in [1.54, 1.807) is 0 Å². The number of hydrogen-bond donors (Lipinski definition) is 0. The van der Waals surface area contributed by atoms with Crippen LogP contribution in [0.15, 0.2) is 127 Å². The van der Waals surface area contributed by atoms with Crippen LogP contribution in [0.1, 0.15) is 28.2 Å². The lowest BCUT2D eigenvalue weighted by Crippen LogP contribution is -2.22. The lowest BCUT2D eigenvalue weighted by molar-refractivity contribution is 0.649. The second-order valence-corrected chi connectivity index (χ2v) is 9.91. The molecule has 1 aromatic heterocycles. The third kappa shape index (κ3) is 2.83. The van der Waals surface area contributed by atoms with Gasteiger partial charge in [-0.05, 0) is 33.9 Å². The van der Waals surface area contributed by atoms with E-state index in [0.717, 1.165) is 0 Å². The first-order chi connectivity index (χ1) is 16.4. The fraction of sp³-hybridized carbons (Fsp3) is 0.0625. The molecule has 2 unspecified atom stereocenters. The van der Waals surface area contributed by atoms with Gasteiger partial charge in [-0.3, -0.25) is 0 Å². The summed E-state index contributed by atoms with van der Waals surface area (Å²) < 4.78 is 2.74. The van der Waals surface area contributed by atoms with Crippen LogP contribution in [-0.4, -0.2) is 0 Å². The van der Waals surface area contributed by atoms with Crippen molar-refractivity contribution in [3.8, 4) is 0 Å². The second kappa shape index (κ2) is 7.43. The molecular formula is C32H22S. The van der Waals surface area contributed by atoms with Crippen LogP contribution in [0.5, 0.6) is 0 Å². The van der Waals surface area contributed by atoms with E-state index in [4.69, 9.17) is 0 Å². The molecule has 2 aliphatic rings. The van der Waals surface area contributed by atoms with E-state index in [1.807, 2.05) is 11.3 Å². The number of benzene rings is 4. The van der Waals surface area contributed by atoms with Crippen LogP contribution in [0.4, 0.5) is 0 Å². The molecule has 1 heterocycles. The average molecular weight is 439 g/mol. The Morgan fingerprint density at radius 1 is 0.606 bits per heavy atom. The zero-order chi connectivity index (χ0) is 21.8. The molecule has 2 aliphatic carbocycles. The summed E-state index contributed by atoms with van der Waals surface area (Å²) in [5.41, 5.74) is 8.34. The zero-order valence-electron chi connectivity index (χ0n) is 18.1.